The Labute approximate surface area is 69.9 Å². The first-order valence-corrected chi connectivity index (χ1v) is 3.55. The lowest BCUT2D eigenvalue weighted by molar-refractivity contribution is 1.13. The number of aromatic nitrogens is 2. The standard InChI is InChI=1S/C7H8ClN3/c8-6-4-10-7(11-5-6)2-1-3-9/h1-2,4-5H,3,9H2. The molecule has 0 unspecified atom stereocenters. The maximum absolute atomic E-state index is 5.57. The molecule has 11 heavy (non-hydrogen) atoms. The van der Waals surface area contributed by atoms with E-state index < -0.39 is 0 Å². The van der Waals surface area contributed by atoms with Gasteiger partial charge in [-0.3, -0.25) is 0 Å². The first-order valence-electron chi connectivity index (χ1n) is 3.17. The fourth-order valence-electron chi connectivity index (χ4n) is 0.582. The lowest BCUT2D eigenvalue weighted by atomic mass is 10.4. The van der Waals surface area contributed by atoms with Crippen LogP contribution < -0.4 is 5.73 Å². The highest BCUT2D eigenvalue weighted by molar-refractivity contribution is 6.30. The van der Waals surface area contributed by atoms with E-state index in [0.717, 1.165) is 0 Å². The summed E-state index contributed by atoms with van der Waals surface area (Å²) in [4.78, 5) is 7.86. The third kappa shape index (κ3) is 2.65. The molecule has 0 spiro atoms. The molecule has 0 atom stereocenters. The molecule has 0 aliphatic carbocycles. The molecule has 0 bridgehead atoms. The second-order valence-corrected chi connectivity index (χ2v) is 2.33. The van der Waals surface area contributed by atoms with Crippen LogP contribution in [0, 0.1) is 0 Å². The van der Waals surface area contributed by atoms with Gasteiger partial charge in [-0.2, -0.15) is 0 Å². The molecule has 4 heteroatoms. The summed E-state index contributed by atoms with van der Waals surface area (Å²) in [6.45, 7) is 0.492. The first-order chi connectivity index (χ1) is 5.33. The van der Waals surface area contributed by atoms with Crippen molar-refractivity contribution in [3.8, 4) is 0 Å². The number of rotatable bonds is 2. The van der Waals surface area contributed by atoms with Crippen molar-refractivity contribution in [3.63, 3.8) is 0 Å². The average molecular weight is 170 g/mol. The van der Waals surface area contributed by atoms with E-state index in [1.807, 2.05) is 0 Å². The summed E-state index contributed by atoms with van der Waals surface area (Å²) < 4.78 is 0. The van der Waals surface area contributed by atoms with Crippen molar-refractivity contribution in [2.24, 2.45) is 5.73 Å². The molecule has 1 aromatic rings. The zero-order valence-electron chi connectivity index (χ0n) is 5.87. The molecular weight excluding hydrogens is 162 g/mol. The molecule has 1 rings (SSSR count). The van der Waals surface area contributed by atoms with Crippen molar-refractivity contribution in [1.29, 1.82) is 0 Å². The highest BCUT2D eigenvalue weighted by atomic mass is 35.5. The van der Waals surface area contributed by atoms with Crippen LogP contribution in [0.1, 0.15) is 5.82 Å². The second kappa shape index (κ2) is 4.05. The Morgan fingerprint density at radius 1 is 1.45 bits per heavy atom. The lowest BCUT2D eigenvalue weighted by Crippen LogP contribution is -1.93. The summed E-state index contributed by atoms with van der Waals surface area (Å²) >= 11 is 5.57. The van der Waals surface area contributed by atoms with E-state index in [1.165, 1.54) is 0 Å². The van der Waals surface area contributed by atoms with Crippen molar-refractivity contribution < 1.29 is 0 Å². The van der Waals surface area contributed by atoms with E-state index in [1.54, 1.807) is 24.5 Å². The van der Waals surface area contributed by atoms with Crippen molar-refractivity contribution in [3.05, 3.63) is 29.3 Å². The molecule has 3 nitrogen and oxygen atoms in total. The SMILES string of the molecule is NCC=Cc1ncc(Cl)cn1. The zero-order chi connectivity index (χ0) is 8.10. The van der Waals surface area contributed by atoms with Gasteiger partial charge in [0, 0.05) is 18.9 Å². The molecule has 0 saturated carbocycles. The number of hydrogen-bond donors (Lipinski definition) is 1. The summed E-state index contributed by atoms with van der Waals surface area (Å²) in [5.41, 5.74) is 5.24. The van der Waals surface area contributed by atoms with Gasteiger partial charge >= 0.3 is 0 Å². The molecule has 1 heterocycles. The third-order valence-corrected chi connectivity index (χ3v) is 1.24. The molecule has 1 aromatic heterocycles. The quantitative estimate of drug-likeness (QED) is 0.722. The molecule has 2 N–H and O–H groups in total. The maximum Gasteiger partial charge on any atom is 0.151 e. The van der Waals surface area contributed by atoms with Gasteiger partial charge in [0.05, 0.1) is 5.02 Å². The van der Waals surface area contributed by atoms with Gasteiger partial charge in [-0.15, -0.1) is 0 Å². The van der Waals surface area contributed by atoms with Crippen LogP contribution in [0.4, 0.5) is 0 Å². The van der Waals surface area contributed by atoms with Crippen LogP contribution in [0.3, 0.4) is 0 Å². The van der Waals surface area contributed by atoms with Crippen LogP contribution in [0.5, 0.6) is 0 Å². The molecule has 0 aliphatic heterocycles. The third-order valence-electron chi connectivity index (χ3n) is 1.04. The van der Waals surface area contributed by atoms with E-state index in [-0.39, 0.29) is 0 Å². The smallest absolute Gasteiger partial charge is 0.151 e. The Bertz CT molecular complexity index is 242. The monoisotopic (exact) mass is 169 g/mol. The van der Waals surface area contributed by atoms with Gasteiger partial charge in [0.2, 0.25) is 0 Å². The van der Waals surface area contributed by atoms with Crippen LogP contribution in [0.2, 0.25) is 5.02 Å². The fraction of sp³-hybridized carbons (Fsp3) is 0.143. The van der Waals surface area contributed by atoms with Crippen molar-refractivity contribution in [2.45, 2.75) is 0 Å². The number of hydrogen-bond acceptors (Lipinski definition) is 3. The minimum Gasteiger partial charge on any atom is -0.327 e. The highest BCUT2D eigenvalue weighted by Gasteiger charge is 1.88. The number of nitrogens with two attached hydrogens (primary N) is 1. The Kier molecular flexibility index (Phi) is 3.01. The molecule has 0 radical (unpaired) electrons. The summed E-state index contributed by atoms with van der Waals surface area (Å²) in [5, 5.41) is 0.537. The summed E-state index contributed by atoms with van der Waals surface area (Å²) in [5.74, 6) is 0.625. The average Bonchev–Trinajstić information content (AvgIpc) is 2.04. The topological polar surface area (TPSA) is 51.8 Å². The van der Waals surface area contributed by atoms with Crippen LogP contribution in [-0.2, 0) is 0 Å². The molecule has 0 saturated heterocycles. The van der Waals surface area contributed by atoms with Gasteiger partial charge in [-0.25, -0.2) is 9.97 Å². The van der Waals surface area contributed by atoms with Gasteiger partial charge in [0.25, 0.3) is 0 Å². The largest absolute Gasteiger partial charge is 0.327 e. The van der Waals surface area contributed by atoms with Crippen molar-refractivity contribution >= 4 is 17.7 Å². The van der Waals surface area contributed by atoms with Crippen LogP contribution >= 0.6 is 11.6 Å². The summed E-state index contributed by atoms with van der Waals surface area (Å²) in [6.07, 6.45) is 6.62. The van der Waals surface area contributed by atoms with Gasteiger partial charge in [-0.1, -0.05) is 17.7 Å². The van der Waals surface area contributed by atoms with Gasteiger partial charge < -0.3 is 5.73 Å². The lowest BCUT2D eigenvalue weighted by Gasteiger charge is -1.90. The summed E-state index contributed by atoms with van der Waals surface area (Å²) in [7, 11) is 0. The van der Waals surface area contributed by atoms with E-state index >= 15 is 0 Å². The molecule has 0 fully saturated rings. The highest BCUT2D eigenvalue weighted by Crippen LogP contribution is 2.03. The normalized spacial score (nSPS) is 10.7. The Balaban J connectivity index is 2.73. The predicted molar refractivity (Wildman–Crippen MR) is 45.1 cm³/mol. The molecule has 0 aromatic carbocycles. The minimum atomic E-state index is 0.492. The number of halogens is 1. The molecule has 58 valence electrons. The second-order valence-electron chi connectivity index (χ2n) is 1.90. The Morgan fingerprint density at radius 3 is 2.64 bits per heavy atom. The van der Waals surface area contributed by atoms with Gasteiger partial charge in [-0.05, 0) is 6.08 Å². The molecule has 0 aliphatic rings. The van der Waals surface area contributed by atoms with E-state index in [9.17, 15) is 0 Å². The Hall–Kier alpha value is -0.930. The minimum absolute atomic E-state index is 0.492. The predicted octanol–water partition coefficient (Wildman–Crippen LogP) is 1.10. The fourth-order valence-corrected chi connectivity index (χ4v) is 0.679. The molecule has 0 amide bonds. The van der Waals surface area contributed by atoms with Crippen molar-refractivity contribution in [1.82, 2.24) is 9.97 Å². The van der Waals surface area contributed by atoms with Crippen molar-refractivity contribution in [2.75, 3.05) is 6.54 Å². The van der Waals surface area contributed by atoms with E-state index in [0.29, 0.717) is 17.4 Å². The Morgan fingerprint density at radius 2 is 2.09 bits per heavy atom. The first kappa shape index (κ1) is 8.17. The van der Waals surface area contributed by atoms with E-state index in [2.05, 4.69) is 9.97 Å². The van der Waals surface area contributed by atoms with Gasteiger partial charge in [0.15, 0.2) is 5.82 Å². The van der Waals surface area contributed by atoms with E-state index in [4.69, 9.17) is 17.3 Å². The van der Waals surface area contributed by atoms with Crippen LogP contribution in [0.15, 0.2) is 18.5 Å². The van der Waals surface area contributed by atoms with Crippen LogP contribution in [-0.4, -0.2) is 16.5 Å². The number of nitrogens with zero attached hydrogens (tertiary/aromatic N) is 2. The zero-order valence-corrected chi connectivity index (χ0v) is 6.62. The van der Waals surface area contributed by atoms with Crippen LogP contribution in [0.25, 0.3) is 6.08 Å². The van der Waals surface area contributed by atoms with Gasteiger partial charge in [0.1, 0.15) is 0 Å². The summed E-state index contributed by atoms with van der Waals surface area (Å²) in [6, 6.07) is 0. The molecular formula is C7H8ClN3. The maximum atomic E-state index is 5.57.